The van der Waals surface area contributed by atoms with Crippen molar-refractivity contribution in [2.24, 2.45) is 0 Å². The molecule has 0 saturated heterocycles. The van der Waals surface area contributed by atoms with Crippen molar-refractivity contribution in [3.05, 3.63) is 58.7 Å². The standard InChI is InChI=1S/C19H18O5/c1-19(2)13-7-5-12(18(21)23-4)10-16(13)24-15-8-6-11(9-14(15)19)17(20)22-3/h5-10H,1-4H3. The van der Waals surface area contributed by atoms with Crippen LogP contribution in [0, 0.1) is 0 Å². The fourth-order valence-electron chi connectivity index (χ4n) is 2.98. The Labute approximate surface area is 140 Å². The summed E-state index contributed by atoms with van der Waals surface area (Å²) in [5, 5.41) is 0. The van der Waals surface area contributed by atoms with Crippen molar-refractivity contribution in [1.29, 1.82) is 0 Å². The van der Waals surface area contributed by atoms with Gasteiger partial charge in [-0.25, -0.2) is 9.59 Å². The maximum atomic E-state index is 11.8. The molecule has 0 bridgehead atoms. The van der Waals surface area contributed by atoms with Gasteiger partial charge in [0.1, 0.15) is 11.5 Å². The lowest BCUT2D eigenvalue weighted by molar-refractivity contribution is 0.0591. The van der Waals surface area contributed by atoms with E-state index in [-0.39, 0.29) is 11.4 Å². The molecule has 5 heteroatoms. The first-order valence-corrected chi connectivity index (χ1v) is 7.52. The lowest BCUT2D eigenvalue weighted by Gasteiger charge is -2.34. The van der Waals surface area contributed by atoms with Crippen molar-refractivity contribution in [2.45, 2.75) is 19.3 Å². The Morgan fingerprint density at radius 2 is 1.42 bits per heavy atom. The minimum absolute atomic E-state index is 0.387. The summed E-state index contributed by atoms with van der Waals surface area (Å²) < 4.78 is 15.5. The van der Waals surface area contributed by atoms with Crippen LogP contribution in [0.2, 0.25) is 0 Å². The van der Waals surface area contributed by atoms with Gasteiger partial charge in [0.15, 0.2) is 0 Å². The van der Waals surface area contributed by atoms with Crippen LogP contribution in [0.15, 0.2) is 36.4 Å². The van der Waals surface area contributed by atoms with Crippen molar-refractivity contribution >= 4 is 11.9 Å². The zero-order chi connectivity index (χ0) is 17.5. The smallest absolute Gasteiger partial charge is 0.337 e. The van der Waals surface area contributed by atoms with Gasteiger partial charge in [0.25, 0.3) is 0 Å². The molecule has 5 nitrogen and oxygen atoms in total. The Morgan fingerprint density at radius 1 is 0.833 bits per heavy atom. The van der Waals surface area contributed by atoms with Crippen molar-refractivity contribution < 1.29 is 23.8 Å². The summed E-state index contributed by atoms with van der Waals surface area (Å²) >= 11 is 0. The average molecular weight is 326 g/mol. The predicted molar refractivity (Wildman–Crippen MR) is 87.8 cm³/mol. The summed E-state index contributed by atoms with van der Waals surface area (Å²) in [6.07, 6.45) is 0. The van der Waals surface area contributed by atoms with E-state index >= 15 is 0 Å². The Balaban J connectivity index is 2.11. The van der Waals surface area contributed by atoms with Gasteiger partial charge in [-0.15, -0.1) is 0 Å². The van der Waals surface area contributed by atoms with E-state index in [9.17, 15) is 9.59 Å². The molecule has 124 valence electrons. The van der Waals surface area contributed by atoms with Crippen LogP contribution >= 0.6 is 0 Å². The van der Waals surface area contributed by atoms with Crippen molar-refractivity contribution in [1.82, 2.24) is 0 Å². The minimum Gasteiger partial charge on any atom is -0.465 e. The number of hydrogen-bond acceptors (Lipinski definition) is 5. The van der Waals surface area contributed by atoms with E-state index in [0.717, 1.165) is 11.1 Å². The number of carbonyl (C=O) groups excluding carboxylic acids is 2. The Hall–Kier alpha value is -2.82. The highest BCUT2D eigenvalue weighted by atomic mass is 16.5. The van der Waals surface area contributed by atoms with Crippen LogP contribution < -0.4 is 4.74 Å². The fourth-order valence-corrected chi connectivity index (χ4v) is 2.98. The molecule has 0 aliphatic carbocycles. The third-order valence-corrected chi connectivity index (χ3v) is 4.37. The van der Waals surface area contributed by atoms with Gasteiger partial charge in [-0.2, -0.15) is 0 Å². The molecule has 1 aliphatic rings. The Bertz CT molecular complexity index is 836. The second-order valence-corrected chi connectivity index (χ2v) is 6.13. The summed E-state index contributed by atoms with van der Waals surface area (Å²) in [4.78, 5) is 23.5. The van der Waals surface area contributed by atoms with E-state index in [1.807, 2.05) is 19.9 Å². The fraction of sp³-hybridized carbons (Fsp3) is 0.263. The summed E-state index contributed by atoms with van der Waals surface area (Å²) in [5.74, 6) is 0.467. The van der Waals surface area contributed by atoms with E-state index in [0.29, 0.717) is 22.6 Å². The number of ether oxygens (including phenoxy) is 3. The lowest BCUT2D eigenvalue weighted by atomic mass is 9.75. The maximum Gasteiger partial charge on any atom is 0.337 e. The molecule has 0 unspecified atom stereocenters. The second kappa shape index (κ2) is 5.67. The van der Waals surface area contributed by atoms with E-state index in [4.69, 9.17) is 14.2 Å². The van der Waals surface area contributed by atoms with Gasteiger partial charge in [0.2, 0.25) is 0 Å². The zero-order valence-electron chi connectivity index (χ0n) is 14.0. The van der Waals surface area contributed by atoms with E-state index in [2.05, 4.69) is 0 Å². The minimum atomic E-state index is -0.411. The van der Waals surface area contributed by atoms with Crippen LogP contribution in [-0.4, -0.2) is 26.2 Å². The van der Waals surface area contributed by atoms with Crippen molar-refractivity contribution in [3.8, 4) is 11.5 Å². The van der Waals surface area contributed by atoms with Gasteiger partial charge in [-0.3, -0.25) is 0 Å². The van der Waals surface area contributed by atoms with Crippen molar-refractivity contribution in [3.63, 3.8) is 0 Å². The number of rotatable bonds is 2. The first kappa shape index (κ1) is 16.1. The molecule has 0 spiro atoms. The van der Waals surface area contributed by atoms with Gasteiger partial charge in [-0.05, 0) is 30.3 Å². The van der Waals surface area contributed by atoms with Gasteiger partial charge >= 0.3 is 11.9 Å². The normalized spacial score (nSPS) is 14.0. The molecule has 1 aliphatic heterocycles. The maximum absolute atomic E-state index is 11.8. The summed E-state index contributed by atoms with van der Waals surface area (Å²) in [6, 6.07) is 10.5. The molecule has 0 fully saturated rings. The Morgan fingerprint density at radius 3 is 2.04 bits per heavy atom. The first-order chi connectivity index (χ1) is 11.4. The van der Waals surface area contributed by atoms with Gasteiger partial charge in [0, 0.05) is 16.5 Å². The predicted octanol–water partition coefficient (Wildman–Crippen LogP) is 3.69. The molecule has 0 amide bonds. The average Bonchev–Trinajstić information content (AvgIpc) is 2.59. The quantitative estimate of drug-likeness (QED) is 0.788. The van der Waals surface area contributed by atoms with Crippen LogP contribution in [0.5, 0.6) is 11.5 Å². The van der Waals surface area contributed by atoms with E-state index in [1.165, 1.54) is 14.2 Å². The monoisotopic (exact) mass is 326 g/mol. The summed E-state index contributed by atoms with van der Waals surface area (Å²) in [5.41, 5.74) is 2.35. The molecule has 0 atom stereocenters. The largest absolute Gasteiger partial charge is 0.465 e. The molecule has 3 rings (SSSR count). The highest BCUT2D eigenvalue weighted by molar-refractivity contribution is 5.91. The number of fused-ring (bicyclic) bond motifs is 2. The molecule has 24 heavy (non-hydrogen) atoms. The molecule has 0 saturated carbocycles. The highest BCUT2D eigenvalue weighted by Crippen LogP contribution is 2.48. The van der Waals surface area contributed by atoms with E-state index in [1.54, 1.807) is 30.3 Å². The number of esters is 2. The number of carbonyl (C=O) groups is 2. The van der Waals surface area contributed by atoms with Crippen molar-refractivity contribution in [2.75, 3.05) is 14.2 Å². The number of hydrogen-bond donors (Lipinski definition) is 0. The number of methoxy groups -OCH3 is 2. The zero-order valence-corrected chi connectivity index (χ0v) is 14.0. The van der Waals surface area contributed by atoms with E-state index < -0.39 is 5.97 Å². The molecule has 2 aromatic carbocycles. The summed E-state index contributed by atoms with van der Waals surface area (Å²) in [6.45, 7) is 4.10. The van der Waals surface area contributed by atoms with Crippen LogP contribution in [0.3, 0.4) is 0 Å². The SMILES string of the molecule is COC(=O)c1ccc2c(c1)Oc1ccc(C(=O)OC)cc1C2(C)C. The van der Waals surface area contributed by atoms with Gasteiger partial charge < -0.3 is 14.2 Å². The molecule has 2 aromatic rings. The molecular weight excluding hydrogens is 308 g/mol. The first-order valence-electron chi connectivity index (χ1n) is 7.52. The van der Waals surface area contributed by atoms with Gasteiger partial charge in [-0.1, -0.05) is 19.9 Å². The second-order valence-electron chi connectivity index (χ2n) is 6.13. The lowest BCUT2D eigenvalue weighted by Crippen LogP contribution is -2.25. The molecule has 1 heterocycles. The highest BCUT2D eigenvalue weighted by Gasteiger charge is 2.35. The van der Waals surface area contributed by atoms with Crippen LogP contribution in [-0.2, 0) is 14.9 Å². The molecular formula is C19H18O5. The molecule has 0 radical (unpaired) electrons. The molecule has 0 aromatic heterocycles. The third kappa shape index (κ3) is 2.42. The topological polar surface area (TPSA) is 61.8 Å². The van der Waals surface area contributed by atoms with Crippen LogP contribution in [0.25, 0.3) is 0 Å². The summed E-state index contributed by atoms with van der Waals surface area (Å²) in [7, 11) is 2.70. The number of benzene rings is 2. The van der Waals surface area contributed by atoms with Crippen LogP contribution in [0.1, 0.15) is 45.7 Å². The van der Waals surface area contributed by atoms with Crippen LogP contribution in [0.4, 0.5) is 0 Å². The Kier molecular flexibility index (Phi) is 3.79. The third-order valence-electron chi connectivity index (χ3n) is 4.37. The molecule has 0 N–H and O–H groups in total. The van der Waals surface area contributed by atoms with Gasteiger partial charge in [0.05, 0.1) is 25.3 Å².